The Hall–Kier alpha value is -1.07. The van der Waals surface area contributed by atoms with Gasteiger partial charge in [-0.2, -0.15) is 0 Å². The molecule has 100 valence electrons. The number of nitrogens with one attached hydrogen (secondary N) is 1. The van der Waals surface area contributed by atoms with Crippen LogP contribution in [0.2, 0.25) is 0 Å². The molecular formula is C13H20N2O2S. The van der Waals surface area contributed by atoms with Gasteiger partial charge in [0.1, 0.15) is 0 Å². The average molecular weight is 268 g/mol. The average Bonchev–Trinajstić information content (AvgIpc) is 2.27. The van der Waals surface area contributed by atoms with Crippen molar-refractivity contribution >= 4 is 15.7 Å². The van der Waals surface area contributed by atoms with Crippen LogP contribution in [0.25, 0.3) is 0 Å². The molecule has 1 aromatic rings. The van der Waals surface area contributed by atoms with Gasteiger partial charge in [0, 0.05) is 12.2 Å². The predicted molar refractivity (Wildman–Crippen MR) is 72.7 cm³/mol. The minimum Gasteiger partial charge on any atom is -0.398 e. The third kappa shape index (κ3) is 2.52. The number of rotatable bonds is 4. The van der Waals surface area contributed by atoms with Crippen LogP contribution in [0.4, 0.5) is 5.69 Å². The van der Waals surface area contributed by atoms with Crippen LogP contribution < -0.4 is 10.5 Å². The number of sulfonamides is 1. The molecule has 4 nitrogen and oxygen atoms in total. The van der Waals surface area contributed by atoms with E-state index in [1.54, 1.807) is 25.1 Å². The van der Waals surface area contributed by atoms with Crippen molar-refractivity contribution in [3.05, 3.63) is 23.8 Å². The number of nitrogens with two attached hydrogens (primary N) is 1. The molecule has 0 saturated heterocycles. The summed E-state index contributed by atoms with van der Waals surface area (Å²) in [4.78, 5) is 0.283. The molecule has 0 amide bonds. The first kappa shape index (κ1) is 13.4. The maximum Gasteiger partial charge on any atom is 0.240 e. The Morgan fingerprint density at radius 1 is 1.39 bits per heavy atom. The van der Waals surface area contributed by atoms with Gasteiger partial charge in [-0.25, -0.2) is 13.1 Å². The summed E-state index contributed by atoms with van der Waals surface area (Å²) in [6, 6.07) is 4.97. The zero-order valence-electron chi connectivity index (χ0n) is 10.9. The van der Waals surface area contributed by atoms with Crippen LogP contribution >= 0.6 is 0 Å². The van der Waals surface area contributed by atoms with Gasteiger partial charge in [-0.1, -0.05) is 19.4 Å². The van der Waals surface area contributed by atoms with E-state index in [0.29, 0.717) is 17.8 Å². The van der Waals surface area contributed by atoms with Crippen LogP contribution in [0.3, 0.4) is 0 Å². The maximum atomic E-state index is 12.2. The SMILES string of the molecule is Cc1c(N)cccc1S(=O)(=O)NCC1(C)CCC1. The second-order valence-corrected chi connectivity index (χ2v) is 7.19. The zero-order valence-corrected chi connectivity index (χ0v) is 11.7. The first-order chi connectivity index (χ1) is 8.34. The van der Waals surface area contributed by atoms with Crippen molar-refractivity contribution in [3.63, 3.8) is 0 Å². The molecule has 5 heteroatoms. The van der Waals surface area contributed by atoms with Gasteiger partial charge in [0.25, 0.3) is 0 Å². The second-order valence-electron chi connectivity index (χ2n) is 5.46. The highest BCUT2D eigenvalue weighted by molar-refractivity contribution is 7.89. The van der Waals surface area contributed by atoms with Crippen LogP contribution in [0.5, 0.6) is 0 Å². The summed E-state index contributed by atoms with van der Waals surface area (Å²) in [6.07, 6.45) is 3.37. The Kier molecular flexibility index (Phi) is 3.38. The van der Waals surface area contributed by atoms with Crippen LogP contribution in [0.1, 0.15) is 31.7 Å². The van der Waals surface area contributed by atoms with Crippen molar-refractivity contribution in [2.45, 2.75) is 38.0 Å². The summed E-state index contributed by atoms with van der Waals surface area (Å²) in [7, 11) is -3.45. The summed E-state index contributed by atoms with van der Waals surface area (Å²) < 4.78 is 27.2. The molecule has 3 N–H and O–H groups in total. The number of benzene rings is 1. The second kappa shape index (κ2) is 4.55. The molecule has 1 aliphatic carbocycles. The first-order valence-corrected chi connectivity index (χ1v) is 7.67. The number of hydrogen-bond acceptors (Lipinski definition) is 3. The summed E-state index contributed by atoms with van der Waals surface area (Å²) >= 11 is 0. The lowest BCUT2D eigenvalue weighted by atomic mass is 9.71. The van der Waals surface area contributed by atoms with Crippen LogP contribution in [-0.2, 0) is 10.0 Å². The molecule has 2 rings (SSSR count). The fourth-order valence-corrected chi connectivity index (χ4v) is 3.70. The van der Waals surface area contributed by atoms with Crippen molar-refractivity contribution in [1.29, 1.82) is 0 Å². The lowest BCUT2D eigenvalue weighted by Gasteiger charge is -2.38. The quantitative estimate of drug-likeness (QED) is 0.821. The minimum atomic E-state index is -3.45. The molecule has 0 unspecified atom stereocenters. The lowest BCUT2D eigenvalue weighted by molar-refractivity contribution is 0.166. The van der Waals surface area contributed by atoms with Gasteiger partial charge in [-0.3, -0.25) is 0 Å². The van der Waals surface area contributed by atoms with Crippen LogP contribution in [0.15, 0.2) is 23.1 Å². The normalized spacial score (nSPS) is 18.3. The van der Waals surface area contributed by atoms with Crippen molar-refractivity contribution in [2.75, 3.05) is 12.3 Å². The Morgan fingerprint density at radius 3 is 2.61 bits per heavy atom. The first-order valence-electron chi connectivity index (χ1n) is 6.19. The molecule has 0 heterocycles. The van der Waals surface area contributed by atoms with Gasteiger partial charge in [0.2, 0.25) is 10.0 Å². The van der Waals surface area contributed by atoms with E-state index in [0.717, 1.165) is 12.8 Å². The van der Waals surface area contributed by atoms with Crippen LogP contribution in [-0.4, -0.2) is 15.0 Å². The van der Waals surface area contributed by atoms with Gasteiger partial charge in [0.05, 0.1) is 4.90 Å². The van der Waals surface area contributed by atoms with E-state index in [9.17, 15) is 8.42 Å². The van der Waals surface area contributed by atoms with Crippen molar-refractivity contribution in [1.82, 2.24) is 4.72 Å². The Balaban J connectivity index is 2.18. The molecule has 18 heavy (non-hydrogen) atoms. The highest BCUT2D eigenvalue weighted by Crippen LogP contribution is 2.39. The van der Waals surface area contributed by atoms with Gasteiger partial charge < -0.3 is 5.73 Å². The summed E-state index contributed by atoms with van der Waals surface area (Å²) in [5.74, 6) is 0. The standard InChI is InChI=1S/C13H20N2O2S/c1-10-11(14)5-3-6-12(10)18(16,17)15-9-13(2)7-4-8-13/h3,5-6,15H,4,7-9,14H2,1-2H3. The lowest BCUT2D eigenvalue weighted by Crippen LogP contribution is -2.40. The van der Waals surface area contributed by atoms with Crippen molar-refractivity contribution in [2.24, 2.45) is 5.41 Å². The summed E-state index contributed by atoms with van der Waals surface area (Å²) in [5.41, 5.74) is 6.99. The summed E-state index contributed by atoms with van der Waals surface area (Å²) in [6.45, 7) is 4.35. The van der Waals surface area contributed by atoms with Gasteiger partial charge in [0.15, 0.2) is 0 Å². The molecular weight excluding hydrogens is 248 g/mol. The number of anilines is 1. The van der Waals surface area contributed by atoms with Crippen molar-refractivity contribution in [3.8, 4) is 0 Å². The fraction of sp³-hybridized carbons (Fsp3) is 0.538. The van der Waals surface area contributed by atoms with E-state index in [1.165, 1.54) is 6.42 Å². The molecule has 0 spiro atoms. The molecule has 0 bridgehead atoms. The van der Waals surface area contributed by atoms with Gasteiger partial charge in [-0.05, 0) is 42.9 Å². The Bertz CT molecular complexity index is 548. The Labute approximate surface area is 109 Å². The summed E-state index contributed by atoms with van der Waals surface area (Å²) in [5, 5.41) is 0. The maximum absolute atomic E-state index is 12.2. The molecule has 0 aliphatic heterocycles. The third-order valence-electron chi connectivity index (χ3n) is 3.87. The molecule has 0 radical (unpaired) electrons. The molecule has 0 atom stereocenters. The van der Waals surface area contributed by atoms with Gasteiger partial charge in [-0.15, -0.1) is 0 Å². The number of hydrogen-bond donors (Lipinski definition) is 2. The van der Waals surface area contributed by atoms with E-state index in [1.807, 2.05) is 0 Å². The zero-order chi connectivity index (χ0) is 13.4. The highest BCUT2D eigenvalue weighted by atomic mass is 32.2. The molecule has 0 aromatic heterocycles. The van der Waals surface area contributed by atoms with E-state index in [4.69, 9.17) is 5.73 Å². The monoisotopic (exact) mass is 268 g/mol. The van der Waals surface area contributed by atoms with Crippen LogP contribution in [0, 0.1) is 12.3 Å². The van der Waals surface area contributed by atoms with E-state index < -0.39 is 10.0 Å². The molecule has 1 fully saturated rings. The van der Waals surface area contributed by atoms with E-state index in [-0.39, 0.29) is 10.3 Å². The van der Waals surface area contributed by atoms with Gasteiger partial charge >= 0.3 is 0 Å². The largest absolute Gasteiger partial charge is 0.398 e. The van der Waals surface area contributed by atoms with Crippen molar-refractivity contribution < 1.29 is 8.42 Å². The smallest absolute Gasteiger partial charge is 0.240 e. The van der Waals surface area contributed by atoms with E-state index in [2.05, 4.69) is 11.6 Å². The predicted octanol–water partition coefficient (Wildman–Crippen LogP) is 2.05. The fourth-order valence-electron chi connectivity index (χ4n) is 2.23. The highest BCUT2D eigenvalue weighted by Gasteiger charge is 2.33. The topological polar surface area (TPSA) is 72.2 Å². The minimum absolute atomic E-state index is 0.126. The number of nitrogen functional groups attached to an aromatic ring is 1. The third-order valence-corrected chi connectivity index (χ3v) is 5.41. The van der Waals surface area contributed by atoms with E-state index >= 15 is 0 Å². The molecule has 1 aliphatic rings. The molecule has 1 aromatic carbocycles. The Morgan fingerprint density at radius 2 is 2.06 bits per heavy atom. The molecule has 1 saturated carbocycles.